The van der Waals surface area contributed by atoms with Gasteiger partial charge in [-0.15, -0.1) is 0 Å². The van der Waals surface area contributed by atoms with Gasteiger partial charge >= 0.3 is 6.18 Å². The molecular weight excluding hydrogens is 267 g/mol. The summed E-state index contributed by atoms with van der Waals surface area (Å²) in [6, 6.07) is 0.442. The van der Waals surface area contributed by atoms with Crippen molar-refractivity contribution in [3.63, 3.8) is 0 Å². The zero-order chi connectivity index (χ0) is 15.0. The highest BCUT2D eigenvalue weighted by atomic mass is 19.4. The molecule has 0 radical (unpaired) electrons. The molecule has 20 heavy (non-hydrogen) atoms. The highest BCUT2D eigenvalue weighted by Crippen LogP contribution is 2.36. The zero-order valence-corrected chi connectivity index (χ0v) is 12.4. The molecule has 1 aliphatic carbocycles. The Hall–Kier alpha value is -0.330. The van der Waals surface area contributed by atoms with E-state index >= 15 is 0 Å². The second-order valence-electron chi connectivity index (χ2n) is 6.90. The molecule has 2 unspecified atom stereocenters. The molecule has 1 saturated heterocycles. The number of alkyl halides is 3. The molecule has 0 bridgehead atoms. The number of halogens is 3. The number of hydrogen-bond donors (Lipinski definition) is 1. The summed E-state index contributed by atoms with van der Waals surface area (Å²) in [6.07, 6.45) is -0.720. The van der Waals surface area contributed by atoms with Crippen LogP contribution in [0.3, 0.4) is 0 Å². The Morgan fingerprint density at radius 2 is 1.75 bits per heavy atom. The van der Waals surface area contributed by atoms with Crippen molar-refractivity contribution in [2.45, 2.75) is 51.4 Å². The first kappa shape index (κ1) is 16.0. The van der Waals surface area contributed by atoms with E-state index in [1.165, 1.54) is 4.90 Å². The van der Waals surface area contributed by atoms with E-state index in [4.69, 9.17) is 5.73 Å². The van der Waals surface area contributed by atoms with Gasteiger partial charge in [0, 0.05) is 38.3 Å². The average molecular weight is 293 g/mol. The highest BCUT2D eigenvalue weighted by Gasteiger charge is 2.40. The van der Waals surface area contributed by atoms with E-state index in [0.29, 0.717) is 32.2 Å². The van der Waals surface area contributed by atoms with Gasteiger partial charge in [-0.1, -0.05) is 20.3 Å². The molecule has 2 atom stereocenters. The molecular formula is C14H26F3N3. The molecule has 0 aromatic carbocycles. The fourth-order valence-electron chi connectivity index (χ4n) is 3.55. The van der Waals surface area contributed by atoms with Crippen LogP contribution in [0.15, 0.2) is 0 Å². The van der Waals surface area contributed by atoms with Crippen LogP contribution in [0.1, 0.15) is 33.1 Å². The topological polar surface area (TPSA) is 32.5 Å². The van der Waals surface area contributed by atoms with Crippen molar-refractivity contribution in [3.8, 4) is 0 Å². The third kappa shape index (κ3) is 3.86. The van der Waals surface area contributed by atoms with Gasteiger partial charge in [0.2, 0.25) is 0 Å². The molecule has 2 rings (SSSR count). The van der Waals surface area contributed by atoms with Gasteiger partial charge < -0.3 is 5.73 Å². The van der Waals surface area contributed by atoms with E-state index in [9.17, 15) is 13.2 Å². The fraction of sp³-hybridized carbons (Fsp3) is 1.00. The first-order valence-corrected chi connectivity index (χ1v) is 7.48. The lowest BCUT2D eigenvalue weighted by molar-refractivity contribution is -0.150. The third-order valence-corrected chi connectivity index (χ3v) is 4.92. The molecule has 0 spiro atoms. The summed E-state index contributed by atoms with van der Waals surface area (Å²) in [5, 5.41) is 0. The van der Waals surface area contributed by atoms with Crippen molar-refractivity contribution >= 4 is 0 Å². The monoisotopic (exact) mass is 293 g/mol. The fourth-order valence-corrected chi connectivity index (χ4v) is 3.55. The Morgan fingerprint density at radius 1 is 1.15 bits per heavy atom. The van der Waals surface area contributed by atoms with Gasteiger partial charge in [-0.05, 0) is 18.3 Å². The van der Waals surface area contributed by atoms with Crippen LogP contribution in [0.4, 0.5) is 13.2 Å². The van der Waals surface area contributed by atoms with E-state index in [1.807, 2.05) is 0 Å². The molecule has 0 amide bonds. The predicted molar refractivity (Wildman–Crippen MR) is 73.5 cm³/mol. The first-order chi connectivity index (χ1) is 9.19. The molecule has 2 fully saturated rings. The van der Waals surface area contributed by atoms with Crippen LogP contribution in [-0.4, -0.2) is 60.8 Å². The molecule has 6 heteroatoms. The standard InChI is InChI=1S/C14H26F3N3/c1-13(2)5-3-4-11(12(13)18)20-8-6-19(7-9-20)10-14(15,16)17/h11-12H,3-10,18H2,1-2H3. The van der Waals surface area contributed by atoms with Crippen LogP contribution >= 0.6 is 0 Å². The molecule has 1 heterocycles. The molecule has 1 saturated carbocycles. The number of rotatable bonds is 2. The lowest BCUT2D eigenvalue weighted by Crippen LogP contribution is -2.61. The Kier molecular flexibility index (Phi) is 4.66. The third-order valence-electron chi connectivity index (χ3n) is 4.92. The summed E-state index contributed by atoms with van der Waals surface area (Å²) < 4.78 is 37.1. The Balaban J connectivity index is 1.87. The van der Waals surface area contributed by atoms with Crippen LogP contribution in [-0.2, 0) is 0 Å². The summed E-state index contributed by atoms with van der Waals surface area (Å²) in [7, 11) is 0. The smallest absolute Gasteiger partial charge is 0.326 e. The maximum absolute atomic E-state index is 12.4. The van der Waals surface area contributed by atoms with Crippen LogP contribution < -0.4 is 5.73 Å². The van der Waals surface area contributed by atoms with Crippen LogP contribution in [0, 0.1) is 5.41 Å². The minimum Gasteiger partial charge on any atom is -0.326 e. The Bertz CT molecular complexity index is 322. The zero-order valence-electron chi connectivity index (χ0n) is 12.4. The molecule has 2 N–H and O–H groups in total. The summed E-state index contributed by atoms with van der Waals surface area (Å²) in [4.78, 5) is 3.80. The summed E-state index contributed by atoms with van der Waals surface area (Å²) in [5.41, 5.74) is 6.52. The van der Waals surface area contributed by atoms with Crippen molar-refractivity contribution in [3.05, 3.63) is 0 Å². The minimum atomic E-state index is -4.09. The van der Waals surface area contributed by atoms with Gasteiger partial charge in [0.05, 0.1) is 6.54 Å². The Morgan fingerprint density at radius 3 is 2.30 bits per heavy atom. The second kappa shape index (κ2) is 5.81. The molecule has 0 aromatic rings. The molecule has 1 aliphatic heterocycles. The predicted octanol–water partition coefficient (Wildman–Crippen LogP) is 2.07. The lowest BCUT2D eigenvalue weighted by Gasteiger charge is -2.48. The van der Waals surface area contributed by atoms with Gasteiger partial charge in [0.1, 0.15) is 0 Å². The van der Waals surface area contributed by atoms with Crippen LogP contribution in [0.2, 0.25) is 0 Å². The molecule has 3 nitrogen and oxygen atoms in total. The largest absolute Gasteiger partial charge is 0.401 e. The normalized spacial score (nSPS) is 33.3. The van der Waals surface area contributed by atoms with Crippen LogP contribution in [0.5, 0.6) is 0 Å². The van der Waals surface area contributed by atoms with Crippen molar-refractivity contribution in [2.24, 2.45) is 11.1 Å². The lowest BCUT2D eigenvalue weighted by atomic mass is 9.70. The summed E-state index contributed by atoms with van der Waals surface area (Å²) in [5.74, 6) is 0. The molecule has 118 valence electrons. The van der Waals surface area contributed by atoms with E-state index in [0.717, 1.165) is 19.3 Å². The number of piperazine rings is 1. The first-order valence-electron chi connectivity index (χ1n) is 7.48. The van der Waals surface area contributed by atoms with Crippen LogP contribution in [0.25, 0.3) is 0 Å². The average Bonchev–Trinajstić information content (AvgIpc) is 2.32. The summed E-state index contributed by atoms with van der Waals surface area (Å²) in [6.45, 7) is 5.98. The maximum atomic E-state index is 12.4. The second-order valence-corrected chi connectivity index (χ2v) is 6.90. The van der Waals surface area contributed by atoms with Crippen molar-refractivity contribution < 1.29 is 13.2 Å². The number of nitrogens with two attached hydrogens (primary N) is 1. The van der Waals surface area contributed by atoms with Crippen molar-refractivity contribution in [1.82, 2.24) is 9.80 Å². The highest BCUT2D eigenvalue weighted by molar-refractivity contribution is 4.97. The summed E-state index contributed by atoms with van der Waals surface area (Å²) >= 11 is 0. The van der Waals surface area contributed by atoms with Gasteiger partial charge in [-0.25, -0.2) is 0 Å². The number of nitrogens with zero attached hydrogens (tertiary/aromatic N) is 2. The SMILES string of the molecule is CC1(C)CCCC(N2CCN(CC(F)(F)F)CC2)C1N. The Labute approximate surface area is 119 Å². The number of hydrogen-bond acceptors (Lipinski definition) is 3. The molecule has 2 aliphatic rings. The van der Waals surface area contributed by atoms with Gasteiger partial charge in [0.15, 0.2) is 0 Å². The van der Waals surface area contributed by atoms with E-state index in [-0.39, 0.29) is 11.5 Å². The van der Waals surface area contributed by atoms with Gasteiger partial charge in [0.25, 0.3) is 0 Å². The minimum absolute atomic E-state index is 0.116. The maximum Gasteiger partial charge on any atom is 0.401 e. The molecule has 0 aromatic heterocycles. The van der Waals surface area contributed by atoms with Crippen molar-refractivity contribution in [2.75, 3.05) is 32.7 Å². The van der Waals surface area contributed by atoms with E-state index < -0.39 is 12.7 Å². The van der Waals surface area contributed by atoms with Crippen molar-refractivity contribution in [1.29, 1.82) is 0 Å². The van der Waals surface area contributed by atoms with Gasteiger partial charge in [-0.2, -0.15) is 13.2 Å². The van der Waals surface area contributed by atoms with Gasteiger partial charge in [-0.3, -0.25) is 9.80 Å². The van der Waals surface area contributed by atoms with E-state index in [1.54, 1.807) is 0 Å². The van der Waals surface area contributed by atoms with E-state index in [2.05, 4.69) is 18.7 Å². The quantitative estimate of drug-likeness (QED) is 0.846.